The third kappa shape index (κ3) is 2.57. The number of anilines is 1. The average molecular weight is 269 g/mol. The molecule has 0 fully saturated rings. The first-order chi connectivity index (χ1) is 8.58. The first kappa shape index (κ1) is 12.3. The van der Waals surface area contributed by atoms with E-state index in [-0.39, 0.29) is 11.5 Å². The van der Waals surface area contributed by atoms with Gasteiger partial charge in [0, 0.05) is 10.6 Å². The van der Waals surface area contributed by atoms with Crippen molar-refractivity contribution in [1.82, 2.24) is 14.9 Å². The molecule has 0 aliphatic rings. The van der Waals surface area contributed by atoms with Crippen LogP contribution >= 0.6 is 11.6 Å². The van der Waals surface area contributed by atoms with Gasteiger partial charge in [0.15, 0.2) is 5.82 Å². The smallest absolute Gasteiger partial charge is 0.263 e. The SMILES string of the molecule is Cc1nnc(NN=Cc2cc(Cl)ccc2F)n1N. The van der Waals surface area contributed by atoms with E-state index in [4.69, 9.17) is 17.4 Å². The monoisotopic (exact) mass is 268 g/mol. The zero-order valence-electron chi connectivity index (χ0n) is 9.43. The van der Waals surface area contributed by atoms with Crippen LogP contribution in [0.5, 0.6) is 0 Å². The van der Waals surface area contributed by atoms with E-state index in [2.05, 4.69) is 20.7 Å². The molecule has 1 heterocycles. The first-order valence-corrected chi connectivity index (χ1v) is 5.37. The third-order valence-electron chi connectivity index (χ3n) is 2.19. The lowest BCUT2D eigenvalue weighted by molar-refractivity contribution is 0.626. The Kier molecular flexibility index (Phi) is 3.42. The molecule has 0 atom stereocenters. The molecule has 0 saturated heterocycles. The van der Waals surface area contributed by atoms with Crippen LogP contribution in [0.2, 0.25) is 5.02 Å². The number of nitrogens with two attached hydrogens (primary N) is 1. The fourth-order valence-electron chi connectivity index (χ4n) is 1.22. The van der Waals surface area contributed by atoms with E-state index in [1.54, 1.807) is 6.92 Å². The summed E-state index contributed by atoms with van der Waals surface area (Å²) in [6.07, 6.45) is 1.28. The topological polar surface area (TPSA) is 81.1 Å². The Hall–Kier alpha value is -2.15. The minimum absolute atomic E-state index is 0.256. The summed E-state index contributed by atoms with van der Waals surface area (Å²) in [4.78, 5) is 0. The lowest BCUT2D eigenvalue weighted by Crippen LogP contribution is -2.13. The lowest BCUT2D eigenvalue weighted by Gasteiger charge is -2.00. The third-order valence-corrected chi connectivity index (χ3v) is 2.43. The number of nitrogens with one attached hydrogen (secondary N) is 1. The Morgan fingerprint density at radius 1 is 1.50 bits per heavy atom. The zero-order chi connectivity index (χ0) is 13.1. The highest BCUT2D eigenvalue weighted by atomic mass is 35.5. The lowest BCUT2D eigenvalue weighted by atomic mass is 10.2. The Bertz CT molecular complexity index is 594. The maximum absolute atomic E-state index is 13.3. The van der Waals surface area contributed by atoms with Gasteiger partial charge in [-0.2, -0.15) is 5.10 Å². The highest BCUT2D eigenvalue weighted by molar-refractivity contribution is 6.30. The summed E-state index contributed by atoms with van der Waals surface area (Å²) in [6.45, 7) is 1.69. The molecule has 0 saturated carbocycles. The Morgan fingerprint density at radius 3 is 2.94 bits per heavy atom. The molecule has 0 aliphatic heterocycles. The van der Waals surface area contributed by atoms with E-state index in [0.29, 0.717) is 10.8 Å². The van der Waals surface area contributed by atoms with E-state index in [0.717, 1.165) is 0 Å². The molecule has 0 aliphatic carbocycles. The number of benzene rings is 1. The standard InChI is InChI=1S/C10H10ClFN6/c1-6-15-17-10(18(6)13)16-14-5-7-4-8(11)2-3-9(7)12/h2-5H,13H2,1H3,(H,16,17). The number of aromatic nitrogens is 3. The quantitative estimate of drug-likeness (QED) is 0.503. The van der Waals surface area contributed by atoms with Crippen molar-refractivity contribution < 1.29 is 4.39 Å². The molecule has 3 N–H and O–H groups in total. The number of hydrogen-bond donors (Lipinski definition) is 2. The average Bonchev–Trinajstić information content (AvgIpc) is 2.65. The number of halogens is 2. The van der Waals surface area contributed by atoms with Gasteiger partial charge in [0.1, 0.15) is 5.82 Å². The second-order valence-electron chi connectivity index (χ2n) is 3.48. The Morgan fingerprint density at radius 2 is 2.28 bits per heavy atom. The molecule has 8 heteroatoms. The summed E-state index contributed by atoms with van der Waals surface area (Å²) in [5, 5.41) is 11.7. The summed E-state index contributed by atoms with van der Waals surface area (Å²) >= 11 is 5.75. The van der Waals surface area contributed by atoms with E-state index in [1.807, 2.05) is 0 Å². The predicted octanol–water partition coefficient (Wildman–Crippen LogP) is 1.54. The van der Waals surface area contributed by atoms with Gasteiger partial charge in [-0.3, -0.25) is 0 Å². The fraction of sp³-hybridized carbons (Fsp3) is 0.100. The highest BCUT2D eigenvalue weighted by Crippen LogP contribution is 2.13. The van der Waals surface area contributed by atoms with Gasteiger partial charge in [0.25, 0.3) is 5.95 Å². The predicted molar refractivity (Wildman–Crippen MR) is 67.5 cm³/mol. The van der Waals surface area contributed by atoms with Crippen LogP contribution < -0.4 is 11.3 Å². The van der Waals surface area contributed by atoms with Crippen molar-refractivity contribution in [2.75, 3.05) is 11.3 Å². The van der Waals surface area contributed by atoms with Gasteiger partial charge in [-0.05, 0) is 25.1 Å². The normalized spacial score (nSPS) is 11.1. The van der Waals surface area contributed by atoms with Crippen molar-refractivity contribution in [2.24, 2.45) is 5.10 Å². The van der Waals surface area contributed by atoms with Gasteiger partial charge < -0.3 is 5.84 Å². The van der Waals surface area contributed by atoms with E-state index in [1.165, 1.54) is 29.1 Å². The first-order valence-electron chi connectivity index (χ1n) is 4.99. The molecule has 2 rings (SSSR count). The number of aryl methyl sites for hydroxylation is 1. The minimum atomic E-state index is -0.421. The van der Waals surface area contributed by atoms with Crippen LogP contribution in [0, 0.1) is 12.7 Å². The van der Waals surface area contributed by atoms with Crippen LogP contribution in [0.25, 0.3) is 0 Å². The van der Waals surface area contributed by atoms with Crippen molar-refractivity contribution in [3.05, 3.63) is 40.4 Å². The van der Waals surface area contributed by atoms with Crippen LogP contribution in [0.4, 0.5) is 10.3 Å². The molecule has 6 nitrogen and oxygen atoms in total. The van der Waals surface area contributed by atoms with E-state index < -0.39 is 5.82 Å². The molecule has 18 heavy (non-hydrogen) atoms. The molecule has 94 valence electrons. The highest BCUT2D eigenvalue weighted by Gasteiger charge is 2.03. The summed E-state index contributed by atoms with van der Waals surface area (Å²) in [6, 6.07) is 4.18. The fourth-order valence-corrected chi connectivity index (χ4v) is 1.40. The second-order valence-corrected chi connectivity index (χ2v) is 3.91. The molecule has 0 bridgehead atoms. The molecule has 1 aromatic heterocycles. The Labute approximate surface area is 107 Å². The maximum Gasteiger partial charge on any atom is 0.263 e. The molecular formula is C10H10ClFN6. The number of nitrogens with zero attached hydrogens (tertiary/aromatic N) is 4. The molecule has 0 radical (unpaired) electrons. The largest absolute Gasteiger partial charge is 0.335 e. The minimum Gasteiger partial charge on any atom is -0.335 e. The van der Waals surface area contributed by atoms with Gasteiger partial charge in [0.05, 0.1) is 6.21 Å². The van der Waals surface area contributed by atoms with Gasteiger partial charge in [-0.1, -0.05) is 11.6 Å². The molecule has 2 aromatic rings. The molecular weight excluding hydrogens is 259 g/mol. The molecule has 0 unspecified atom stereocenters. The van der Waals surface area contributed by atoms with Gasteiger partial charge in [-0.25, -0.2) is 14.5 Å². The number of nitrogen functional groups attached to an aromatic ring is 1. The summed E-state index contributed by atoms with van der Waals surface area (Å²) in [5.41, 5.74) is 2.81. The van der Waals surface area contributed by atoms with E-state index >= 15 is 0 Å². The Balaban J connectivity index is 2.12. The summed E-state index contributed by atoms with van der Waals surface area (Å²) < 4.78 is 14.6. The van der Waals surface area contributed by atoms with Gasteiger partial charge in [-0.15, -0.1) is 10.2 Å². The van der Waals surface area contributed by atoms with Crippen LogP contribution in [0.3, 0.4) is 0 Å². The van der Waals surface area contributed by atoms with Crippen LogP contribution in [-0.2, 0) is 0 Å². The molecule has 1 aromatic carbocycles. The van der Waals surface area contributed by atoms with Crippen molar-refractivity contribution in [3.63, 3.8) is 0 Å². The second kappa shape index (κ2) is 5.01. The maximum atomic E-state index is 13.3. The summed E-state index contributed by atoms with van der Waals surface area (Å²) in [5.74, 6) is 5.96. The van der Waals surface area contributed by atoms with Crippen LogP contribution in [0.15, 0.2) is 23.3 Å². The number of hydrazone groups is 1. The van der Waals surface area contributed by atoms with Gasteiger partial charge in [0.2, 0.25) is 0 Å². The molecule has 0 amide bonds. The van der Waals surface area contributed by atoms with Crippen molar-refractivity contribution in [1.29, 1.82) is 0 Å². The van der Waals surface area contributed by atoms with Crippen LogP contribution in [0.1, 0.15) is 11.4 Å². The number of rotatable bonds is 3. The summed E-state index contributed by atoms with van der Waals surface area (Å²) in [7, 11) is 0. The van der Waals surface area contributed by atoms with Crippen molar-refractivity contribution >= 4 is 23.8 Å². The molecule has 0 spiro atoms. The van der Waals surface area contributed by atoms with Crippen LogP contribution in [-0.4, -0.2) is 21.1 Å². The zero-order valence-corrected chi connectivity index (χ0v) is 10.2. The van der Waals surface area contributed by atoms with E-state index in [9.17, 15) is 4.39 Å². The van der Waals surface area contributed by atoms with Gasteiger partial charge >= 0.3 is 0 Å². The van der Waals surface area contributed by atoms with Crippen molar-refractivity contribution in [2.45, 2.75) is 6.92 Å². The van der Waals surface area contributed by atoms with Crippen molar-refractivity contribution in [3.8, 4) is 0 Å². The number of hydrogen-bond acceptors (Lipinski definition) is 5.